The van der Waals surface area contributed by atoms with Gasteiger partial charge in [0.15, 0.2) is 0 Å². The molecule has 8 N–H and O–H groups in total. The molecule has 38 heavy (non-hydrogen) atoms. The van der Waals surface area contributed by atoms with Crippen LogP contribution in [0.15, 0.2) is 30.5 Å². The molecular weight excluding hydrogens is 494 g/mol. The van der Waals surface area contributed by atoms with Crippen molar-refractivity contribution in [2.45, 2.75) is 71.1 Å². The molecule has 2 aromatic rings. The molecule has 0 spiro atoms. The summed E-state index contributed by atoms with van der Waals surface area (Å²) in [6.07, 6.45) is 1.06. The van der Waals surface area contributed by atoms with Gasteiger partial charge in [0.25, 0.3) is 0 Å². The number of carboxylic acid groups (broad SMARTS) is 2. The maximum Gasteiger partial charge on any atom is 0.326 e. The molecule has 12 nitrogen and oxygen atoms in total. The van der Waals surface area contributed by atoms with Crippen LogP contribution in [0.4, 0.5) is 0 Å². The van der Waals surface area contributed by atoms with Crippen LogP contribution in [-0.4, -0.2) is 69.0 Å². The van der Waals surface area contributed by atoms with Gasteiger partial charge >= 0.3 is 11.9 Å². The van der Waals surface area contributed by atoms with E-state index in [1.807, 2.05) is 24.3 Å². The van der Waals surface area contributed by atoms with Crippen LogP contribution >= 0.6 is 0 Å². The first-order valence-corrected chi connectivity index (χ1v) is 12.5. The first kappa shape index (κ1) is 30.3. The number of fused-ring (bicyclic) bond motifs is 1. The highest BCUT2D eigenvalue weighted by molar-refractivity contribution is 5.95. The minimum absolute atomic E-state index is 0.0110. The first-order chi connectivity index (χ1) is 17.8. The fourth-order valence-electron chi connectivity index (χ4n) is 3.88. The SMILES string of the molecule is CC(C)C(N)C(=O)NC(CCC(=O)O)C(=O)NC(Cc1c[nH]c2ccccc12)C(=O)NC(C(=O)O)C(C)C. The molecule has 0 aliphatic heterocycles. The number of aromatic nitrogens is 1. The molecule has 0 aliphatic carbocycles. The van der Waals surface area contributed by atoms with Crippen molar-refractivity contribution in [1.82, 2.24) is 20.9 Å². The van der Waals surface area contributed by atoms with Crippen molar-refractivity contribution < 1.29 is 34.2 Å². The smallest absolute Gasteiger partial charge is 0.326 e. The van der Waals surface area contributed by atoms with E-state index in [2.05, 4.69) is 20.9 Å². The number of aromatic amines is 1. The summed E-state index contributed by atoms with van der Waals surface area (Å²) in [4.78, 5) is 65.1. The molecule has 12 heteroatoms. The molecular formula is C26H37N5O7. The van der Waals surface area contributed by atoms with Gasteiger partial charge < -0.3 is 36.9 Å². The summed E-state index contributed by atoms with van der Waals surface area (Å²) in [6.45, 7) is 6.74. The molecule has 208 valence electrons. The van der Waals surface area contributed by atoms with E-state index in [4.69, 9.17) is 10.8 Å². The molecule has 4 atom stereocenters. The van der Waals surface area contributed by atoms with Crippen molar-refractivity contribution >= 4 is 40.6 Å². The van der Waals surface area contributed by atoms with Crippen LogP contribution in [0.2, 0.25) is 0 Å². The third-order valence-corrected chi connectivity index (χ3v) is 6.26. The molecule has 3 amide bonds. The zero-order chi connectivity index (χ0) is 28.6. The Labute approximate surface area is 220 Å². The topological polar surface area (TPSA) is 204 Å². The van der Waals surface area contributed by atoms with E-state index < -0.39 is 66.2 Å². The Morgan fingerprint density at radius 1 is 0.868 bits per heavy atom. The fraction of sp³-hybridized carbons (Fsp3) is 0.500. The van der Waals surface area contributed by atoms with E-state index in [0.717, 1.165) is 10.9 Å². The van der Waals surface area contributed by atoms with Crippen LogP contribution < -0.4 is 21.7 Å². The second-order valence-electron chi connectivity index (χ2n) is 9.96. The van der Waals surface area contributed by atoms with Crippen LogP contribution in [0.3, 0.4) is 0 Å². The number of hydrogen-bond acceptors (Lipinski definition) is 6. The van der Waals surface area contributed by atoms with Crippen LogP contribution in [-0.2, 0) is 30.4 Å². The van der Waals surface area contributed by atoms with Gasteiger partial charge in [0.05, 0.1) is 6.04 Å². The number of H-pyrrole nitrogens is 1. The zero-order valence-electron chi connectivity index (χ0n) is 22.0. The Kier molecular flexibility index (Phi) is 10.8. The number of amides is 3. The van der Waals surface area contributed by atoms with Gasteiger partial charge in [-0.1, -0.05) is 45.9 Å². The van der Waals surface area contributed by atoms with E-state index in [0.29, 0.717) is 5.56 Å². The number of carbonyl (C=O) groups is 5. The van der Waals surface area contributed by atoms with Crippen molar-refractivity contribution in [2.75, 3.05) is 0 Å². The van der Waals surface area contributed by atoms with Gasteiger partial charge in [-0.05, 0) is 29.9 Å². The highest BCUT2D eigenvalue weighted by atomic mass is 16.4. The van der Waals surface area contributed by atoms with Crippen molar-refractivity contribution in [3.05, 3.63) is 36.0 Å². The van der Waals surface area contributed by atoms with E-state index in [1.54, 1.807) is 33.9 Å². The average molecular weight is 532 g/mol. The third-order valence-electron chi connectivity index (χ3n) is 6.26. The summed E-state index contributed by atoms with van der Waals surface area (Å²) in [5, 5.41) is 27.0. The van der Waals surface area contributed by atoms with Gasteiger partial charge in [0.1, 0.15) is 18.1 Å². The molecule has 4 unspecified atom stereocenters. The highest BCUT2D eigenvalue weighted by Gasteiger charge is 2.32. The zero-order valence-corrected chi connectivity index (χ0v) is 22.0. The molecule has 1 aromatic carbocycles. The molecule has 2 rings (SSSR count). The van der Waals surface area contributed by atoms with E-state index in [1.165, 1.54) is 0 Å². The summed E-state index contributed by atoms with van der Waals surface area (Å²) < 4.78 is 0. The largest absolute Gasteiger partial charge is 0.481 e. The second kappa shape index (κ2) is 13.6. The predicted molar refractivity (Wildman–Crippen MR) is 140 cm³/mol. The van der Waals surface area contributed by atoms with E-state index in [9.17, 15) is 29.1 Å². The molecule has 0 saturated heterocycles. The summed E-state index contributed by atoms with van der Waals surface area (Å²) >= 11 is 0. The van der Waals surface area contributed by atoms with Crippen LogP contribution in [0.25, 0.3) is 10.9 Å². The quantitative estimate of drug-likeness (QED) is 0.185. The van der Waals surface area contributed by atoms with Crippen molar-refractivity contribution in [1.29, 1.82) is 0 Å². The number of nitrogens with one attached hydrogen (secondary N) is 4. The molecule has 0 bridgehead atoms. The number of para-hydroxylation sites is 1. The molecule has 1 heterocycles. The van der Waals surface area contributed by atoms with Crippen molar-refractivity contribution in [3.8, 4) is 0 Å². The Morgan fingerprint density at radius 2 is 1.47 bits per heavy atom. The minimum Gasteiger partial charge on any atom is -0.481 e. The Balaban J connectivity index is 2.35. The molecule has 0 fully saturated rings. The average Bonchev–Trinajstić information content (AvgIpc) is 3.25. The Bertz CT molecular complexity index is 1160. The number of benzene rings is 1. The number of carbonyl (C=O) groups excluding carboxylic acids is 3. The molecule has 0 saturated carbocycles. The number of hydrogen-bond donors (Lipinski definition) is 7. The number of rotatable bonds is 14. The van der Waals surface area contributed by atoms with Crippen molar-refractivity contribution in [3.63, 3.8) is 0 Å². The minimum atomic E-state index is -1.28. The third kappa shape index (κ3) is 8.30. The molecule has 0 aliphatic rings. The lowest BCUT2D eigenvalue weighted by molar-refractivity contribution is -0.143. The Hall–Kier alpha value is -3.93. The fourth-order valence-corrected chi connectivity index (χ4v) is 3.88. The second-order valence-corrected chi connectivity index (χ2v) is 9.96. The van der Waals surface area contributed by atoms with Crippen molar-refractivity contribution in [2.24, 2.45) is 17.6 Å². The van der Waals surface area contributed by atoms with Gasteiger partial charge in [0, 0.05) is 29.9 Å². The van der Waals surface area contributed by atoms with Gasteiger partial charge in [-0.15, -0.1) is 0 Å². The summed E-state index contributed by atoms with van der Waals surface area (Å²) in [6, 6.07) is 2.73. The van der Waals surface area contributed by atoms with Crippen LogP contribution in [0.1, 0.15) is 46.1 Å². The van der Waals surface area contributed by atoms with Crippen LogP contribution in [0.5, 0.6) is 0 Å². The van der Waals surface area contributed by atoms with Gasteiger partial charge in [-0.25, -0.2) is 4.79 Å². The lowest BCUT2D eigenvalue weighted by Gasteiger charge is -2.26. The lowest BCUT2D eigenvalue weighted by atomic mass is 10.0. The van der Waals surface area contributed by atoms with E-state index >= 15 is 0 Å². The standard InChI is InChI=1S/C26H37N5O7/c1-13(2)21(27)25(36)29-18(9-10-20(32)33)23(34)30-19(24(35)31-22(14(3)4)26(37)38)11-15-12-28-17-8-6-5-7-16(15)17/h5-8,12-14,18-19,21-22,28H,9-11,27H2,1-4H3,(H,29,36)(H,30,34)(H,31,35)(H,32,33)(H,37,38). The highest BCUT2D eigenvalue weighted by Crippen LogP contribution is 2.19. The summed E-state index contributed by atoms with van der Waals surface area (Å²) in [5.41, 5.74) is 7.40. The predicted octanol–water partition coefficient (Wildman–Crippen LogP) is 0.754. The maximum atomic E-state index is 13.3. The molecule has 1 aromatic heterocycles. The van der Waals surface area contributed by atoms with E-state index in [-0.39, 0.29) is 18.8 Å². The normalized spacial score (nSPS) is 14.5. The lowest BCUT2D eigenvalue weighted by Crippen LogP contribution is -2.58. The number of nitrogens with two attached hydrogens (primary N) is 1. The van der Waals surface area contributed by atoms with Crippen LogP contribution in [0, 0.1) is 11.8 Å². The Morgan fingerprint density at radius 3 is 2.05 bits per heavy atom. The summed E-state index contributed by atoms with van der Waals surface area (Å²) in [5.74, 6) is -5.20. The van der Waals surface area contributed by atoms with Gasteiger partial charge in [-0.2, -0.15) is 0 Å². The van der Waals surface area contributed by atoms with Gasteiger partial charge in [-0.3, -0.25) is 19.2 Å². The first-order valence-electron chi connectivity index (χ1n) is 12.5. The molecule has 0 radical (unpaired) electrons. The number of aliphatic carboxylic acids is 2. The number of carboxylic acids is 2. The van der Waals surface area contributed by atoms with Gasteiger partial charge in [0.2, 0.25) is 17.7 Å². The monoisotopic (exact) mass is 531 g/mol. The summed E-state index contributed by atoms with van der Waals surface area (Å²) in [7, 11) is 0. The maximum absolute atomic E-state index is 13.3.